The molecule has 21 heavy (non-hydrogen) atoms. The standard InChI is InChI=1S/C15H20N2O4/c1-2-20-13-6-3-5-12(14(13)17(18)19)16-9-10-21-15(11-16)7-4-8-15/h3,5-6H,2,4,7-11H2,1H3. The number of para-hydroxylation sites is 1. The highest BCUT2D eigenvalue weighted by Gasteiger charge is 2.43. The molecule has 1 aliphatic carbocycles. The molecule has 0 N–H and O–H groups in total. The van der Waals surface area contributed by atoms with Crippen molar-refractivity contribution in [1.82, 2.24) is 0 Å². The second kappa shape index (κ2) is 5.52. The van der Waals surface area contributed by atoms with Crippen LogP contribution in [0.25, 0.3) is 0 Å². The largest absolute Gasteiger partial charge is 0.487 e. The predicted octanol–water partition coefficient (Wildman–Crippen LogP) is 2.75. The molecule has 1 saturated heterocycles. The van der Waals surface area contributed by atoms with Crippen molar-refractivity contribution in [1.29, 1.82) is 0 Å². The Kier molecular flexibility index (Phi) is 3.71. The van der Waals surface area contributed by atoms with Crippen molar-refractivity contribution in [2.45, 2.75) is 31.8 Å². The van der Waals surface area contributed by atoms with Crippen LogP contribution in [-0.2, 0) is 4.74 Å². The van der Waals surface area contributed by atoms with Crippen molar-refractivity contribution in [2.75, 3.05) is 31.2 Å². The van der Waals surface area contributed by atoms with Gasteiger partial charge in [0, 0.05) is 13.1 Å². The van der Waals surface area contributed by atoms with Crippen LogP contribution in [0.4, 0.5) is 11.4 Å². The molecule has 1 aromatic carbocycles. The van der Waals surface area contributed by atoms with Gasteiger partial charge in [-0.15, -0.1) is 0 Å². The lowest BCUT2D eigenvalue weighted by Gasteiger charge is -2.48. The Labute approximate surface area is 123 Å². The molecule has 3 rings (SSSR count). The molecule has 0 amide bonds. The molecule has 6 heteroatoms. The average Bonchev–Trinajstić information content (AvgIpc) is 2.45. The van der Waals surface area contributed by atoms with Gasteiger partial charge in [0.25, 0.3) is 0 Å². The molecule has 1 aromatic rings. The molecule has 1 aliphatic heterocycles. The normalized spacial score (nSPS) is 20.1. The molecule has 6 nitrogen and oxygen atoms in total. The van der Waals surface area contributed by atoms with E-state index in [1.165, 1.54) is 6.42 Å². The van der Waals surface area contributed by atoms with Crippen LogP contribution in [0.15, 0.2) is 18.2 Å². The molecule has 2 aliphatic rings. The lowest BCUT2D eigenvalue weighted by Crippen LogP contribution is -2.55. The van der Waals surface area contributed by atoms with E-state index in [4.69, 9.17) is 9.47 Å². The number of anilines is 1. The number of nitro groups is 1. The van der Waals surface area contributed by atoms with Crippen LogP contribution in [0.3, 0.4) is 0 Å². The zero-order valence-corrected chi connectivity index (χ0v) is 12.2. The number of benzene rings is 1. The van der Waals surface area contributed by atoms with Crippen molar-refractivity contribution < 1.29 is 14.4 Å². The summed E-state index contributed by atoms with van der Waals surface area (Å²) < 4.78 is 11.3. The second-order valence-electron chi connectivity index (χ2n) is 5.62. The first kappa shape index (κ1) is 14.1. The van der Waals surface area contributed by atoms with Crippen LogP contribution in [0, 0.1) is 10.1 Å². The Morgan fingerprint density at radius 3 is 2.90 bits per heavy atom. The highest BCUT2D eigenvalue weighted by atomic mass is 16.6. The fourth-order valence-corrected chi connectivity index (χ4v) is 3.15. The lowest BCUT2D eigenvalue weighted by molar-refractivity contribution is -0.385. The maximum atomic E-state index is 11.5. The molecule has 0 unspecified atom stereocenters. The fraction of sp³-hybridized carbons (Fsp3) is 0.600. The molecule has 1 saturated carbocycles. The molecule has 0 aromatic heterocycles. The Balaban J connectivity index is 1.93. The maximum absolute atomic E-state index is 11.5. The van der Waals surface area contributed by atoms with Crippen molar-refractivity contribution in [2.24, 2.45) is 0 Å². The molecule has 0 bridgehead atoms. The molecule has 2 fully saturated rings. The van der Waals surface area contributed by atoms with E-state index >= 15 is 0 Å². The van der Waals surface area contributed by atoms with E-state index in [1.54, 1.807) is 12.1 Å². The SMILES string of the molecule is CCOc1cccc(N2CCOC3(CCC3)C2)c1[N+](=O)[O-]. The topological polar surface area (TPSA) is 64.8 Å². The summed E-state index contributed by atoms with van der Waals surface area (Å²) >= 11 is 0. The molecular weight excluding hydrogens is 272 g/mol. The van der Waals surface area contributed by atoms with Crippen LogP contribution in [0.5, 0.6) is 5.75 Å². The van der Waals surface area contributed by atoms with Crippen LogP contribution < -0.4 is 9.64 Å². The minimum Gasteiger partial charge on any atom is -0.487 e. The number of rotatable bonds is 4. The van der Waals surface area contributed by atoms with Gasteiger partial charge in [-0.05, 0) is 38.3 Å². The summed E-state index contributed by atoms with van der Waals surface area (Å²) in [5.74, 6) is 0.342. The number of morpholine rings is 1. The van der Waals surface area contributed by atoms with E-state index in [0.29, 0.717) is 31.2 Å². The van der Waals surface area contributed by atoms with Gasteiger partial charge < -0.3 is 14.4 Å². The van der Waals surface area contributed by atoms with Gasteiger partial charge in [-0.3, -0.25) is 10.1 Å². The van der Waals surface area contributed by atoms with Gasteiger partial charge in [-0.25, -0.2) is 0 Å². The van der Waals surface area contributed by atoms with Gasteiger partial charge in [0.15, 0.2) is 5.75 Å². The Morgan fingerprint density at radius 2 is 2.29 bits per heavy atom. The van der Waals surface area contributed by atoms with Crippen LogP contribution in [-0.4, -0.2) is 36.8 Å². The molecule has 0 atom stereocenters. The maximum Gasteiger partial charge on any atom is 0.333 e. The van der Waals surface area contributed by atoms with Crippen LogP contribution in [0.1, 0.15) is 26.2 Å². The summed E-state index contributed by atoms with van der Waals surface area (Å²) in [4.78, 5) is 13.2. The number of hydrogen-bond donors (Lipinski definition) is 0. The lowest BCUT2D eigenvalue weighted by atomic mass is 9.78. The average molecular weight is 292 g/mol. The van der Waals surface area contributed by atoms with E-state index in [0.717, 1.165) is 19.4 Å². The van der Waals surface area contributed by atoms with Gasteiger partial charge in [-0.2, -0.15) is 0 Å². The monoisotopic (exact) mass is 292 g/mol. The third kappa shape index (κ3) is 2.55. The third-order valence-electron chi connectivity index (χ3n) is 4.31. The van der Waals surface area contributed by atoms with Crippen molar-refractivity contribution >= 4 is 11.4 Å². The summed E-state index contributed by atoms with van der Waals surface area (Å²) in [6.45, 7) is 4.27. The third-order valence-corrected chi connectivity index (χ3v) is 4.31. The zero-order valence-electron chi connectivity index (χ0n) is 12.2. The molecule has 1 spiro atoms. The Hall–Kier alpha value is -1.82. The van der Waals surface area contributed by atoms with Gasteiger partial charge in [0.1, 0.15) is 5.69 Å². The first-order chi connectivity index (χ1) is 10.2. The molecule has 114 valence electrons. The van der Waals surface area contributed by atoms with Crippen LogP contribution >= 0.6 is 0 Å². The molecule has 0 radical (unpaired) electrons. The Bertz CT molecular complexity index is 542. The van der Waals surface area contributed by atoms with E-state index in [-0.39, 0.29) is 16.2 Å². The minimum absolute atomic E-state index is 0.0655. The first-order valence-corrected chi connectivity index (χ1v) is 7.44. The summed E-state index contributed by atoms with van der Waals surface area (Å²) in [6.07, 6.45) is 3.26. The van der Waals surface area contributed by atoms with Crippen LogP contribution in [0.2, 0.25) is 0 Å². The van der Waals surface area contributed by atoms with Crippen molar-refractivity contribution in [3.05, 3.63) is 28.3 Å². The highest BCUT2D eigenvalue weighted by Crippen LogP contribution is 2.43. The quantitative estimate of drug-likeness (QED) is 0.630. The summed E-state index contributed by atoms with van der Waals surface area (Å²) in [6, 6.07) is 5.28. The van der Waals surface area contributed by atoms with Crippen molar-refractivity contribution in [3.63, 3.8) is 0 Å². The van der Waals surface area contributed by atoms with Gasteiger partial charge in [-0.1, -0.05) is 6.07 Å². The summed E-state index contributed by atoms with van der Waals surface area (Å²) in [5.41, 5.74) is 0.615. The Morgan fingerprint density at radius 1 is 1.48 bits per heavy atom. The smallest absolute Gasteiger partial charge is 0.333 e. The second-order valence-corrected chi connectivity index (χ2v) is 5.62. The van der Waals surface area contributed by atoms with E-state index in [9.17, 15) is 10.1 Å². The first-order valence-electron chi connectivity index (χ1n) is 7.44. The fourth-order valence-electron chi connectivity index (χ4n) is 3.15. The van der Waals surface area contributed by atoms with E-state index < -0.39 is 0 Å². The van der Waals surface area contributed by atoms with E-state index in [1.807, 2.05) is 13.0 Å². The molecule has 1 heterocycles. The zero-order chi connectivity index (χ0) is 14.9. The van der Waals surface area contributed by atoms with E-state index in [2.05, 4.69) is 4.90 Å². The summed E-state index contributed by atoms with van der Waals surface area (Å²) in [5, 5.41) is 11.5. The van der Waals surface area contributed by atoms with Gasteiger partial charge in [0.2, 0.25) is 0 Å². The van der Waals surface area contributed by atoms with Gasteiger partial charge >= 0.3 is 5.69 Å². The van der Waals surface area contributed by atoms with Crippen molar-refractivity contribution in [3.8, 4) is 5.75 Å². The number of ether oxygens (including phenoxy) is 2. The number of nitro benzene ring substituents is 1. The number of hydrogen-bond acceptors (Lipinski definition) is 5. The molecular formula is C15H20N2O4. The predicted molar refractivity (Wildman–Crippen MR) is 79.0 cm³/mol. The number of nitrogens with zero attached hydrogens (tertiary/aromatic N) is 2. The highest BCUT2D eigenvalue weighted by molar-refractivity contribution is 5.70. The van der Waals surface area contributed by atoms with Gasteiger partial charge in [0.05, 0.1) is 23.7 Å². The summed E-state index contributed by atoms with van der Waals surface area (Å²) in [7, 11) is 0. The minimum atomic E-state index is -0.344.